The normalized spacial score (nSPS) is 11.4. The van der Waals surface area contributed by atoms with Crippen LogP contribution in [0, 0.1) is 5.41 Å². The summed E-state index contributed by atoms with van der Waals surface area (Å²) in [6, 6.07) is 6.04. The first-order valence-electron chi connectivity index (χ1n) is 6.26. The Kier molecular flexibility index (Phi) is 4.86. The molecule has 0 saturated carbocycles. The van der Waals surface area contributed by atoms with E-state index in [1.54, 1.807) is 7.11 Å². The van der Waals surface area contributed by atoms with Gasteiger partial charge in [0.05, 0.1) is 13.7 Å². The zero-order valence-corrected chi connectivity index (χ0v) is 11.7. The largest absolute Gasteiger partial charge is 0.497 e. The zero-order chi connectivity index (χ0) is 12.9. The average Bonchev–Trinajstić information content (AvgIpc) is 2.26. The molecule has 0 spiro atoms. The molecule has 1 aromatic rings. The van der Waals surface area contributed by atoms with Gasteiger partial charge >= 0.3 is 0 Å². The van der Waals surface area contributed by atoms with E-state index in [0.29, 0.717) is 0 Å². The lowest BCUT2D eigenvalue weighted by molar-refractivity contribution is 0.196. The molecule has 0 aliphatic heterocycles. The molecule has 0 aliphatic carbocycles. The van der Waals surface area contributed by atoms with Gasteiger partial charge in [-0.3, -0.25) is 0 Å². The summed E-state index contributed by atoms with van der Waals surface area (Å²) in [6.07, 6.45) is 2.13. The van der Waals surface area contributed by atoms with Crippen LogP contribution in [0.5, 0.6) is 11.5 Å². The molecule has 0 heterocycles. The number of ether oxygens (including phenoxy) is 2. The van der Waals surface area contributed by atoms with Gasteiger partial charge in [0.2, 0.25) is 0 Å². The molecule has 0 aliphatic rings. The Bertz CT molecular complexity index is 350. The minimum absolute atomic E-state index is 0.184. The van der Waals surface area contributed by atoms with E-state index in [1.165, 1.54) is 5.56 Å². The maximum Gasteiger partial charge on any atom is 0.122 e. The first kappa shape index (κ1) is 13.9. The van der Waals surface area contributed by atoms with Gasteiger partial charge in [0.1, 0.15) is 11.5 Å². The third-order valence-electron chi connectivity index (χ3n) is 2.45. The second kappa shape index (κ2) is 5.95. The molecule has 96 valence electrons. The quantitative estimate of drug-likeness (QED) is 0.767. The summed E-state index contributed by atoms with van der Waals surface area (Å²) in [4.78, 5) is 0. The van der Waals surface area contributed by atoms with Crippen LogP contribution in [0.25, 0.3) is 0 Å². The summed E-state index contributed by atoms with van der Waals surface area (Å²) in [5.74, 6) is 1.89. The molecule has 0 aromatic heterocycles. The molecule has 2 heteroatoms. The lowest BCUT2D eigenvalue weighted by Crippen LogP contribution is -2.17. The van der Waals surface area contributed by atoms with Gasteiger partial charge in [-0.1, -0.05) is 34.1 Å². The van der Waals surface area contributed by atoms with Gasteiger partial charge in [0, 0.05) is 0 Å². The van der Waals surface area contributed by atoms with Gasteiger partial charge < -0.3 is 9.47 Å². The molecule has 0 fully saturated rings. The Morgan fingerprint density at radius 2 is 1.88 bits per heavy atom. The predicted octanol–water partition coefficient (Wildman–Crippen LogP) is 4.07. The van der Waals surface area contributed by atoms with Gasteiger partial charge in [-0.05, 0) is 35.6 Å². The van der Waals surface area contributed by atoms with Crippen LogP contribution in [0.1, 0.15) is 39.7 Å². The Morgan fingerprint density at radius 3 is 2.41 bits per heavy atom. The molecule has 0 bridgehead atoms. The summed E-state index contributed by atoms with van der Waals surface area (Å²) < 4.78 is 11.1. The number of hydrogen-bond acceptors (Lipinski definition) is 2. The number of benzene rings is 1. The van der Waals surface area contributed by atoms with E-state index in [2.05, 4.69) is 33.8 Å². The third kappa shape index (κ3) is 4.68. The van der Waals surface area contributed by atoms with Crippen LogP contribution < -0.4 is 9.47 Å². The molecule has 17 heavy (non-hydrogen) atoms. The first-order valence-corrected chi connectivity index (χ1v) is 6.26. The van der Waals surface area contributed by atoms with Gasteiger partial charge in [-0.25, -0.2) is 0 Å². The van der Waals surface area contributed by atoms with Crippen molar-refractivity contribution in [2.24, 2.45) is 5.41 Å². The topological polar surface area (TPSA) is 18.5 Å². The number of aryl methyl sites for hydroxylation is 1. The van der Waals surface area contributed by atoms with Crippen molar-refractivity contribution in [3.8, 4) is 11.5 Å². The average molecular weight is 236 g/mol. The van der Waals surface area contributed by atoms with Crippen molar-refractivity contribution >= 4 is 0 Å². The smallest absolute Gasteiger partial charge is 0.122 e. The SMILES string of the molecule is CCCc1cc(OC)ccc1OCC(C)(C)C. The van der Waals surface area contributed by atoms with Crippen molar-refractivity contribution in [1.29, 1.82) is 0 Å². The molecule has 2 nitrogen and oxygen atoms in total. The molecule has 0 unspecified atom stereocenters. The Labute approximate surface area is 105 Å². The summed E-state index contributed by atoms with van der Waals surface area (Å²) in [5.41, 5.74) is 1.42. The van der Waals surface area contributed by atoms with Crippen LogP contribution in [0.2, 0.25) is 0 Å². The monoisotopic (exact) mass is 236 g/mol. The second-order valence-corrected chi connectivity index (χ2v) is 5.57. The maximum atomic E-state index is 5.90. The minimum Gasteiger partial charge on any atom is -0.497 e. The molecule has 1 aromatic carbocycles. The Balaban J connectivity index is 2.82. The summed E-state index contributed by atoms with van der Waals surface area (Å²) in [7, 11) is 1.70. The molecule has 0 radical (unpaired) electrons. The van der Waals surface area contributed by atoms with Crippen molar-refractivity contribution in [3.05, 3.63) is 23.8 Å². The molecular weight excluding hydrogens is 212 g/mol. The molecule has 0 amide bonds. The third-order valence-corrected chi connectivity index (χ3v) is 2.45. The van der Waals surface area contributed by atoms with Gasteiger partial charge in [-0.2, -0.15) is 0 Å². The van der Waals surface area contributed by atoms with E-state index in [4.69, 9.17) is 9.47 Å². The lowest BCUT2D eigenvalue weighted by Gasteiger charge is -2.20. The number of hydrogen-bond donors (Lipinski definition) is 0. The van der Waals surface area contributed by atoms with Crippen molar-refractivity contribution in [2.45, 2.75) is 40.5 Å². The standard InChI is InChI=1S/C15H24O2/c1-6-7-12-10-13(16-5)8-9-14(12)17-11-15(2,3)4/h8-10H,6-7,11H2,1-5H3. The van der Waals surface area contributed by atoms with Crippen molar-refractivity contribution in [3.63, 3.8) is 0 Å². The van der Waals surface area contributed by atoms with E-state index < -0.39 is 0 Å². The van der Waals surface area contributed by atoms with Crippen LogP contribution in [-0.2, 0) is 6.42 Å². The first-order chi connectivity index (χ1) is 7.96. The Hall–Kier alpha value is -1.18. The van der Waals surface area contributed by atoms with Crippen molar-refractivity contribution < 1.29 is 9.47 Å². The fourth-order valence-corrected chi connectivity index (χ4v) is 1.58. The highest BCUT2D eigenvalue weighted by atomic mass is 16.5. The lowest BCUT2D eigenvalue weighted by atomic mass is 9.98. The van der Waals surface area contributed by atoms with Crippen LogP contribution in [-0.4, -0.2) is 13.7 Å². The van der Waals surface area contributed by atoms with E-state index in [-0.39, 0.29) is 5.41 Å². The number of methoxy groups -OCH3 is 1. The van der Waals surface area contributed by atoms with Crippen molar-refractivity contribution in [2.75, 3.05) is 13.7 Å². The fraction of sp³-hybridized carbons (Fsp3) is 0.600. The second-order valence-electron chi connectivity index (χ2n) is 5.57. The van der Waals surface area contributed by atoms with Gasteiger partial charge in [0.15, 0.2) is 0 Å². The van der Waals surface area contributed by atoms with Crippen LogP contribution in [0.4, 0.5) is 0 Å². The zero-order valence-electron chi connectivity index (χ0n) is 11.7. The van der Waals surface area contributed by atoms with E-state index >= 15 is 0 Å². The molecular formula is C15H24O2. The van der Waals surface area contributed by atoms with E-state index in [9.17, 15) is 0 Å². The highest BCUT2D eigenvalue weighted by molar-refractivity contribution is 5.40. The molecule has 0 N–H and O–H groups in total. The van der Waals surface area contributed by atoms with Crippen LogP contribution in [0.15, 0.2) is 18.2 Å². The highest BCUT2D eigenvalue weighted by Crippen LogP contribution is 2.27. The van der Waals surface area contributed by atoms with E-state index in [0.717, 1.165) is 30.9 Å². The van der Waals surface area contributed by atoms with Gasteiger partial charge in [0.25, 0.3) is 0 Å². The van der Waals surface area contributed by atoms with E-state index in [1.807, 2.05) is 12.1 Å². The minimum atomic E-state index is 0.184. The molecule has 1 rings (SSSR count). The van der Waals surface area contributed by atoms with Crippen LogP contribution >= 0.6 is 0 Å². The molecule has 0 saturated heterocycles. The van der Waals surface area contributed by atoms with Gasteiger partial charge in [-0.15, -0.1) is 0 Å². The fourth-order valence-electron chi connectivity index (χ4n) is 1.58. The Morgan fingerprint density at radius 1 is 1.18 bits per heavy atom. The molecule has 0 atom stereocenters. The maximum absolute atomic E-state index is 5.90. The predicted molar refractivity (Wildman–Crippen MR) is 71.9 cm³/mol. The summed E-state index contributed by atoms with van der Waals surface area (Å²) in [5, 5.41) is 0. The highest BCUT2D eigenvalue weighted by Gasteiger charge is 2.13. The summed E-state index contributed by atoms with van der Waals surface area (Å²) in [6.45, 7) is 9.44. The number of rotatable bonds is 5. The van der Waals surface area contributed by atoms with Crippen LogP contribution in [0.3, 0.4) is 0 Å². The summed E-state index contributed by atoms with van der Waals surface area (Å²) >= 11 is 0. The van der Waals surface area contributed by atoms with Crippen molar-refractivity contribution in [1.82, 2.24) is 0 Å².